The predicted molar refractivity (Wildman–Crippen MR) is 128 cm³/mol. The number of benzene rings is 2. The minimum Gasteiger partial charge on any atom is -0.480 e. The second-order valence-corrected chi connectivity index (χ2v) is 9.22. The lowest BCUT2D eigenvalue weighted by atomic mass is 9.98. The molecule has 0 aliphatic rings. The summed E-state index contributed by atoms with van der Waals surface area (Å²) < 4.78 is 0.938. The van der Waals surface area contributed by atoms with Gasteiger partial charge in [0, 0.05) is 21.5 Å². The molecule has 1 aromatic heterocycles. The summed E-state index contributed by atoms with van der Waals surface area (Å²) in [6.07, 6.45) is 0.721. The van der Waals surface area contributed by atoms with Crippen LogP contribution in [0.3, 0.4) is 0 Å². The summed E-state index contributed by atoms with van der Waals surface area (Å²) in [7, 11) is 0. The summed E-state index contributed by atoms with van der Waals surface area (Å²) in [5.74, 6) is -1.43. The molecular formula is C23H22BrNO3S2. The van der Waals surface area contributed by atoms with Gasteiger partial charge >= 0.3 is 5.97 Å². The van der Waals surface area contributed by atoms with Crippen LogP contribution in [-0.2, 0) is 22.4 Å². The van der Waals surface area contributed by atoms with E-state index in [0.29, 0.717) is 12.2 Å². The average Bonchev–Trinajstić information content (AvgIpc) is 3.27. The Morgan fingerprint density at radius 2 is 1.80 bits per heavy atom. The Hall–Kier alpha value is -2.09. The Bertz CT molecular complexity index is 990. The first-order valence-electron chi connectivity index (χ1n) is 9.47. The number of thiol groups is 1. The molecule has 1 unspecified atom stereocenters. The van der Waals surface area contributed by atoms with Crippen LogP contribution < -0.4 is 5.32 Å². The number of nitrogens with one attached hydrogen (secondary N) is 1. The SMILES string of the molecule is O=C(N[C@@H](Cc1ccc(-c2cccs2)cc1)C(=O)O)C(CS)Cc1cccc(Br)c1. The molecule has 0 aliphatic heterocycles. The monoisotopic (exact) mass is 503 g/mol. The number of aliphatic carboxylic acids is 1. The molecule has 4 nitrogen and oxygen atoms in total. The Labute approximate surface area is 193 Å². The zero-order chi connectivity index (χ0) is 21.5. The lowest BCUT2D eigenvalue weighted by Gasteiger charge is -2.20. The van der Waals surface area contributed by atoms with Crippen molar-refractivity contribution in [1.82, 2.24) is 5.32 Å². The molecule has 7 heteroatoms. The molecule has 0 fully saturated rings. The molecule has 0 spiro atoms. The largest absolute Gasteiger partial charge is 0.480 e. The molecule has 1 heterocycles. The summed E-state index contributed by atoms with van der Waals surface area (Å²) in [4.78, 5) is 25.7. The summed E-state index contributed by atoms with van der Waals surface area (Å²) in [6.45, 7) is 0. The van der Waals surface area contributed by atoms with E-state index in [-0.39, 0.29) is 12.3 Å². The van der Waals surface area contributed by atoms with Crippen LogP contribution in [-0.4, -0.2) is 28.8 Å². The molecule has 3 rings (SSSR count). The third-order valence-electron chi connectivity index (χ3n) is 4.78. The Morgan fingerprint density at radius 3 is 2.40 bits per heavy atom. The fraction of sp³-hybridized carbons (Fsp3) is 0.217. The van der Waals surface area contributed by atoms with Gasteiger partial charge in [-0.15, -0.1) is 11.3 Å². The minimum absolute atomic E-state index is 0.224. The molecule has 0 radical (unpaired) electrons. The quantitative estimate of drug-likeness (QED) is 0.356. The van der Waals surface area contributed by atoms with E-state index in [4.69, 9.17) is 0 Å². The van der Waals surface area contributed by atoms with Gasteiger partial charge in [0.25, 0.3) is 0 Å². The van der Waals surface area contributed by atoms with E-state index in [9.17, 15) is 14.7 Å². The molecule has 0 bridgehead atoms. The van der Waals surface area contributed by atoms with Gasteiger partial charge in [-0.3, -0.25) is 4.79 Å². The first-order chi connectivity index (χ1) is 14.5. The topological polar surface area (TPSA) is 66.4 Å². The number of hydrogen-bond donors (Lipinski definition) is 3. The molecule has 2 atom stereocenters. The van der Waals surface area contributed by atoms with Gasteiger partial charge in [0.15, 0.2) is 0 Å². The number of rotatable bonds is 9. The van der Waals surface area contributed by atoms with Crippen LogP contribution in [0.25, 0.3) is 10.4 Å². The minimum atomic E-state index is -1.05. The average molecular weight is 504 g/mol. The highest BCUT2D eigenvalue weighted by Crippen LogP contribution is 2.25. The highest BCUT2D eigenvalue weighted by Gasteiger charge is 2.25. The van der Waals surface area contributed by atoms with Crippen LogP contribution >= 0.6 is 39.9 Å². The lowest BCUT2D eigenvalue weighted by Crippen LogP contribution is -2.45. The van der Waals surface area contributed by atoms with Crippen LogP contribution in [0.2, 0.25) is 0 Å². The van der Waals surface area contributed by atoms with Gasteiger partial charge in [-0.2, -0.15) is 12.6 Å². The van der Waals surface area contributed by atoms with Crippen molar-refractivity contribution < 1.29 is 14.7 Å². The summed E-state index contributed by atoms with van der Waals surface area (Å²) in [5, 5.41) is 14.3. The summed E-state index contributed by atoms with van der Waals surface area (Å²) >= 11 is 9.39. The number of carbonyl (C=O) groups excluding carboxylic acids is 1. The number of carbonyl (C=O) groups is 2. The fourth-order valence-corrected chi connectivity index (χ4v) is 4.64. The number of amides is 1. The molecule has 3 aromatic rings. The third kappa shape index (κ3) is 6.20. The molecular weight excluding hydrogens is 482 g/mol. The van der Waals surface area contributed by atoms with Gasteiger partial charge < -0.3 is 10.4 Å². The zero-order valence-corrected chi connectivity index (χ0v) is 19.4. The van der Waals surface area contributed by atoms with Crippen molar-refractivity contribution in [2.75, 3.05) is 5.75 Å². The van der Waals surface area contributed by atoms with Crippen LogP contribution in [0.5, 0.6) is 0 Å². The Kier molecular flexibility index (Phi) is 8.13. The van der Waals surface area contributed by atoms with E-state index >= 15 is 0 Å². The molecule has 2 aromatic carbocycles. The van der Waals surface area contributed by atoms with Gasteiger partial charge in [0.05, 0.1) is 5.92 Å². The van der Waals surface area contributed by atoms with Gasteiger partial charge in [-0.05, 0) is 46.7 Å². The van der Waals surface area contributed by atoms with Crippen molar-refractivity contribution in [2.45, 2.75) is 18.9 Å². The van der Waals surface area contributed by atoms with Gasteiger partial charge in [0.1, 0.15) is 6.04 Å². The van der Waals surface area contributed by atoms with Crippen LogP contribution in [0.4, 0.5) is 0 Å². The van der Waals surface area contributed by atoms with Crippen molar-refractivity contribution in [2.24, 2.45) is 5.92 Å². The van der Waals surface area contributed by atoms with Crippen LogP contribution in [0, 0.1) is 5.92 Å². The van der Waals surface area contributed by atoms with Gasteiger partial charge in [0.2, 0.25) is 5.91 Å². The normalized spacial score (nSPS) is 12.9. The van der Waals surface area contributed by atoms with E-state index < -0.39 is 17.9 Å². The summed E-state index contributed by atoms with van der Waals surface area (Å²) in [5.41, 5.74) is 2.95. The first kappa shape index (κ1) is 22.6. The van der Waals surface area contributed by atoms with E-state index in [0.717, 1.165) is 26.0 Å². The Morgan fingerprint density at radius 1 is 1.03 bits per heavy atom. The van der Waals surface area contributed by atoms with E-state index in [1.165, 1.54) is 0 Å². The van der Waals surface area contributed by atoms with Crippen molar-refractivity contribution in [3.63, 3.8) is 0 Å². The van der Waals surface area contributed by atoms with E-state index in [1.807, 2.05) is 66.0 Å². The molecule has 156 valence electrons. The van der Waals surface area contributed by atoms with Gasteiger partial charge in [-0.25, -0.2) is 4.79 Å². The van der Waals surface area contributed by atoms with Crippen LogP contribution in [0.15, 0.2) is 70.5 Å². The maximum absolute atomic E-state index is 12.7. The lowest BCUT2D eigenvalue weighted by molar-refractivity contribution is -0.142. The smallest absolute Gasteiger partial charge is 0.326 e. The molecule has 1 amide bonds. The highest BCUT2D eigenvalue weighted by molar-refractivity contribution is 9.10. The predicted octanol–water partition coefficient (Wildman–Crippen LogP) is 5.08. The summed E-state index contributed by atoms with van der Waals surface area (Å²) in [6, 6.07) is 18.6. The maximum Gasteiger partial charge on any atom is 0.326 e. The molecule has 0 saturated heterocycles. The first-order valence-corrected chi connectivity index (χ1v) is 11.8. The number of carboxylic acids is 1. The molecule has 0 saturated carbocycles. The molecule has 30 heavy (non-hydrogen) atoms. The van der Waals surface area contributed by atoms with Crippen molar-refractivity contribution in [3.8, 4) is 10.4 Å². The maximum atomic E-state index is 12.7. The number of thiophene rings is 1. The van der Waals surface area contributed by atoms with Crippen molar-refractivity contribution in [3.05, 3.63) is 81.6 Å². The van der Waals surface area contributed by atoms with Crippen LogP contribution in [0.1, 0.15) is 11.1 Å². The Balaban J connectivity index is 1.65. The number of carboxylic acid groups (broad SMARTS) is 1. The fourth-order valence-electron chi connectivity index (χ4n) is 3.16. The van der Waals surface area contributed by atoms with E-state index in [2.05, 4.69) is 33.9 Å². The van der Waals surface area contributed by atoms with Gasteiger partial charge in [-0.1, -0.05) is 58.4 Å². The number of halogens is 1. The number of hydrogen-bond acceptors (Lipinski definition) is 4. The molecule has 2 N–H and O–H groups in total. The second-order valence-electron chi connectivity index (χ2n) is 6.99. The third-order valence-corrected chi connectivity index (χ3v) is 6.63. The molecule has 0 aliphatic carbocycles. The van der Waals surface area contributed by atoms with Crippen molar-refractivity contribution >= 4 is 51.8 Å². The highest BCUT2D eigenvalue weighted by atomic mass is 79.9. The van der Waals surface area contributed by atoms with E-state index in [1.54, 1.807) is 11.3 Å². The zero-order valence-electron chi connectivity index (χ0n) is 16.1. The van der Waals surface area contributed by atoms with Crippen molar-refractivity contribution in [1.29, 1.82) is 0 Å². The standard InChI is InChI=1S/C23H22BrNO3S2/c24-19-4-1-3-16(12-19)11-18(14-29)22(26)25-20(23(27)28)13-15-6-8-17(9-7-15)21-5-2-10-30-21/h1-10,12,18,20,29H,11,13-14H2,(H,25,26)(H,27,28)/t18?,20-/m0/s1. The second kappa shape index (κ2) is 10.8.